The van der Waals surface area contributed by atoms with Gasteiger partial charge in [-0.1, -0.05) is 12.1 Å². The molecule has 0 heterocycles. The van der Waals surface area contributed by atoms with E-state index in [2.05, 4.69) is 38.3 Å². The second kappa shape index (κ2) is 3.74. The molecular formula is C13H19N. The van der Waals surface area contributed by atoms with Crippen molar-refractivity contribution in [2.45, 2.75) is 39.2 Å². The highest BCUT2D eigenvalue weighted by molar-refractivity contribution is 5.40. The first-order valence-electron chi connectivity index (χ1n) is 5.49. The van der Waals surface area contributed by atoms with Gasteiger partial charge in [0.15, 0.2) is 0 Å². The standard InChI is InChI=1S/C13H19N/c1-9-7-11-5-4-6-13(14-3)12(11)8-10(9)2/h7-8,13-14H,4-6H2,1-3H3. The largest absolute Gasteiger partial charge is 0.313 e. The van der Waals surface area contributed by atoms with Gasteiger partial charge in [0.1, 0.15) is 0 Å². The Labute approximate surface area is 86.5 Å². The van der Waals surface area contributed by atoms with E-state index in [1.165, 1.54) is 36.0 Å². The fourth-order valence-electron chi connectivity index (χ4n) is 2.39. The summed E-state index contributed by atoms with van der Waals surface area (Å²) in [7, 11) is 2.06. The van der Waals surface area contributed by atoms with Gasteiger partial charge < -0.3 is 5.32 Å². The summed E-state index contributed by atoms with van der Waals surface area (Å²) >= 11 is 0. The molecule has 0 aliphatic heterocycles. The molecule has 1 atom stereocenters. The molecule has 76 valence electrons. The zero-order valence-corrected chi connectivity index (χ0v) is 9.35. The smallest absolute Gasteiger partial charge is 0.0320 e. The third-order valence-electron chi connectivity index (χ3n) is 3.42. The SMILES string of the molecule is CNC1CCCc2cc(C)c(C)cc21. The quantitative estimate of drug-likeness (QED) is 0.716. The highest BCUT2D eigenvalue weighted by Crippen LogP contribution is 2.31. The number of rotatable bonds is 1. The minimum absolute atomic E-state index is 0.582. The zero-order chi connectivity index (χ0) is 10.1. The fourth-order valence-corrected chi connectivity index (χ4v) is 2.39. The first-order valence-corrected chi connectivity index (χ1v) is 5.49. The van der Waals surface area contributed by atoms with Crippen LogP contribution < -0.4 is 5.32 Å². The molecule has 0 saturated heterocycles. The minimum Gasteiger partial charge on any atom is -0.313 e. The maximum atomic E-state index is 3.41. The molecule has 1 heteroatoms. The molecule has 0 aromatic heterocycles. The van der Waals surface area contributed by atoms with E-state index in [9.17, 15) is 0 Å². The van der Waals surface area contributed by atoms with Crippen molar-refractivity contribution in [1.29, 1.82) is 0 Å². The number of hydrogen-bond donors (Lipinski definition) is 1. The number of nitrogens with one attached hydrogen (secondary N) is 1. The van der Waals surface area contributed by atoms with E-state index in [0.29, 0.717) is 6.04 Å². The third-order valence-corrected chi connectivity index (χ3v) is 3.42. The minimum atomic E-state index is 0.582. The van der Waals surface area contributed by atoms with E-state index < -0.39 is 0 Å². The Balaban J connectivity index is 2.47. The molecule has 1 aromatic rings. The van der Waals surface area contributed by atoms with Crippen LogP contribution in [0.4, 0.5) is 0 Å². The van der Waals surface area contributed by atoms with E-state index in [1.807, 2.05) is 0 Å². The maximum Gasteiger partial charge on any atom is 0.0320 e. The average molecular weight is 189 g/mol. The molecule has 1 aromatic carbocycles. The maximum absolute atomic E-state index is 3.41. The van der Waals surface area contributed by atoms with Gasteiger partial charge in [-0.15, -0.1) is 0 Å². The van der Waals surface area contributed by atoms with Crippen LogP contribution in [0.1, 0.15) is 41.1 Å². The Hall–Kier alpha value is -0.820. The van der Waals surface area contributed by atoms with Crippen LogP contribution in [0.3, 0.4) is 0 Å². The summed E-state index contributed by atoms with van der Waals surface area (Å²) in [6, 6.07) is 5.32. The van der Waals surface area contributed by atoms with Crippen molar-refractivity contribution in [2.75, 3.05) is 7.05 Å². The predicted octanol–water partition coefficient (Wildman–Crippen LogP) is 2.90. The Kier molecular flexibility index (Phi) is 2.60. The molecule has 14 heavy (non-hydrogen) atoms. The Morgan fingerprint density at radius 1 is 1.21 bits per heavy atom. The normalized spacial score (nSPS) is 20.6. The second-order valence-electron chi connectivity index (χ2n) is 4.37. The Morgan fingerprint density at radius 2 is 1.93 bits per heavy atom. The van der Waals surface area contributed by atoms with E-state index in [0.717, 1.165) is 0 Å². The van der Waals surface area contributed by atoms with E-state index in [1.54, 1.807) is 5.56 Å². The van der Waals surface area contributed by atoms with Crippen molar-refractivity contribution in [3.63, 3.8) is 0 Å². The Morgan fingerprint density at radius 3 is 2.64 bits per heavy atom. The Bertz CT molecular complexity index is 341. The third kappa shape index (κ3) is 1.57. The summed E-state index contributed by atoms with van der Waals surface area (Å²) in [6.45, 7) is 4.41. The molecular weight excluding hydrogens is 170 g/mol. The first-order chi connectivity index (χ1) is 6.72. The summed E-state index contributed by atoms with van der Waals surface area (Å²) in [5, 5.41) is 3.41. The van der Waals surface area contributed by atoms with Gasteiger partial charge in [0.2, 0.25) is 0 Å². The second-order valence-corrected chi connectivity index (χ2v) is 4.37. The number of benzene rings is 1. The van der Waals surface area contributed by atoms with Gasteiger partial charge in [-0.25, -0.2) is 0 Å². The molecule has 1 aliphatic carbocycles. The van der Waals surface area contributed by atoms with Crippen LogP contribution in [-0.2, 0) is 6.42 Å². The van der Waals surface area contributed by atoms with E-state index >= 15 is 0 Å². The van der Waals surface area contributed by atoms with Crippen LogP contribution in [0.5, 0.6) is 0 Å². The van der Waals surface area contributed by atoms with Crippen LogP contribution in [0, 0.1) is 13.8 Å². The summed E-state index contributed by atoms with van der Waals surface area (Å²) in [6.07, 6.45) is 3.86. The zero-order valence-electron chi connectivity index (χ0n) is 9.35. The van der Waals surface area contributed by atoms with Crippen molar-refractivity contribution in [3.05, 3.63) is 34.4 Å². The topological polar surface area (TPSA) is 12.0 Å². The summed E-state index contributed by atoms with van der Waals surface area (Å²) < 4.78 is 0. The number of fused-ring (bicyclic) bond motifs is 1. The molecule has 1 nitrogen and oxygen atoms in total. The fraction of sp³-hybridized carbons (Fsp3) is 0.538. The average Bonchev–Trinajstić information content (AvgIpc) is 2.19. The molecule has 2 rings (SSSR count). The van der Waals surface area contributed by atoms with Crippen molar-refractivity contribution < 1.29 is 0 Å². The number of hydrogen-bond acceptors (Lipinski definition) is 1. The van der Waals surface area contributed by atoms with Crippen molar-refractivity contribution in [1.82, 2.24) is 5.32 Å². The molecule has 0 radical (unpaired) electrons. The summed E-state index contributed by atoms with van der Waals surface area (Å²) in [5.41, 5.74) is 5.94. The molecule has 0 saturated carbocycles. The monoisotopic (exact) mass is 189 g/mol. The van der Waals surface area contributed by atoms with Gasteiger partial charge in [-0.3, -0.25) is 0 Å². The van der Waals surface area contributed by atoms with Gasteiger partial charge in [0.05, 0.1) is 0 Å². The van der Waals surface area contributed by atoms with Gasteiger partial charge >= 0.3 is 0 Å². The molecule has 1 aliphatic rings. The lowest BCUT2D eigenvalue weighted by Gasteiger charge is -2.26. The van der Waals surface area contributed by atoms with Crippen LogP contribution in [0.15, 0.2) is 12.1 Å². The number of aryl methyl sites for hydroxylation is 3. The van der Waals surface area contributed by atoms with Gasteiger partial charge in [-0.2, -0.15) is 0 Å². The highest BCUT2D eigenvalue weighted by Gasteiger charge is 2.18. The molecule has 0 amide bonds. The van der Waals surface area contributed by atoms with Crippen LogP contribution in [0.25, 0.3) is 0 Å². The van der Waals surface area contributed by atoms with Gasteiger partial charge in [-0.05, 0) is 62.4 Å². The van der Waals surface area contributed by atoms with Crippen molar-refractivity contribution in [2.24, 2.45) is 0 Å². The van der Waals surface area contributed by atoms with Crippen molar-refractivity contribution in [3.8, 4) is 0 Å². The van der Waals surface area contributed by atoms with Crippen LogP contribution >= 0.6 is 0 Å². The molecule has 0 spiro atoms. The van der Waals surface area contributed by atoms with Gasteiger partial charge in [0, 0.05) is 6.04 Å². The van der Waals surface area contributed by atoms with Gasteiger partial charge in [0.25, 0.3) is 0 Å². The lowest BCUT2D eigenvalue weighted by atomic mass is 9.85. The van der Waals surface area contributed by atoms with Crippen LogP contribution in [-0.4, -0.2) is 7.05 Å². The lowest BCUT2D eigenvalue weighted by Crippen LogP contribution is -2.21. The van der Waals surface area contributed by atoms with E-state index in [-0.39, 0.29) is 0 Å². The summed E-state index contributed by atoms with van der Waals surface area (Å²) in [5.74, 6) is 0. The van der Waals surface area contributed by atoms with E-state index in [4.69, 9.17) is 0 Å². The summed E-state index contributed by atoms with van der Waals surface area (Å²) in [4.78, 5) is 0. The highest BCUT2D eigenvalue weighted by atomic mass is 14.9. The van der Waals surface area contributed by atoms with Crippen molar-refractivity contribution >= 4 is 0 Å². The molecule has 1 unspecified atom stereocenters. The van der Waals surface area contributed by atoms with Crippen LogP contribution in [0.2, 0.25) is 0 Å². The molecule has 1 N–H and O–H groups in total. The predicted molar refractivity (Wildman–Crippen MR) is 60.7 cm³/mol. The molecule has 0 fully saturated rings. The first kappa shape index (κ1) is 9.72. The molecule has 0 bridgehead atoms. The lowest BCUT2D eigenvalue weighted by molar-refractivity contribution is 0.496.